The third kappa shape index (κ3) is 3.09. The standard InChI is InChI=1S/C17H19NO/c1-12-7-6-10-15(13(12)2)17(19)11-16(18)14-8-4-3-5-9-14/h3-10,16H,11,18H2,1-2H3. The second-order valence-corrected chi connectivity index (χ2v) is 4.89. The molecule has 2 rings (SSSR count). The summed E-state index contributed by atoms with van der Waals surface area (Å²) in [6.07, 6.45) is 0.342. The van der Waals surface area contributed by atoms with Crippen molar-refractivity contribution < 1.29 is 4.79 Å². The Morgan fingerprint density at radius 2 is 1.74 bits per heavy atom. The highest BCUT2D eigenvalue weighted by Crippen LogP contribution is 2.20. The van der Waals surface area contributed by atoms with Gasteiger partial charge in [-0.3, -0.25) is 4.79 Å². The van der Waals surface area contributed by atoms with Crippen molar-refractivity contribution in [1.82, 2.24) is 0 Å². The van der Waals surface area contributed by atoms with E-state index in [2.05, 4.69) is 0 Å². The lowest BCUT2D eigenvalue weighted by Gasteiger charge is -2.13. The third-order valence-electron chi connectivity index (χ3n) is 3.54. The fourth-order valence-corrected chi connectivity index (χ4v) is 2.18. The zero-order valence-electron chi connectivity index (χ0n) is 11.4. The number of ketones is 1. The summed E-state index contributed by atoms with van der Waals surface area (Å²) >= 11 is 0. The number of nitrogens with two attached hydrogens (primary N) is 1. The zero-order valence-corrected chi connectivity index (χ0v) is 11.4. The SMILES string of the molecule is Cc1cccc(C(=O)CC(N)c2ccccc2)c1C. The molecule has 0 aromatic heterocycles. The Morgan fingerprint density at radius 3 is 2.42 bits per heavy atom. The summed E-state index contributed by atoms with van der Waals surface area (Å²) in [5.74, 6) is 0.109. The molecule has 0 saturated carbocycles. The van der Waals surface area contributed by atoms with Crippen molar-refractivity contribution in [3.8, 4) is 0 Å². The van der Waals surface area contributed by atoms with Gasteiger partial charge in [-0.15, -0.1) is 0 Å². The Bertz CT molecular complexity index is 575. The predicted octanol–water partition coefficient (Wildman–Crippen LogP) is 3.58. The van der Waals surface area contributed by atoms with Crippen LogP contribution in [0.25, 0.3) is 0 Å². The summed E-state index contributed by atoms with van der Waals surface area (Å²) in [4.78, 5) is 12.3. The summed E-state index contributed by atoms with van der Waals surface area (Å²) in [6.45, 7) is 4.00. The van der Waals surface area contributed by atoms with Crippen molar-refractivity contribution in [2.45, 2.75) is 26.3 Å². The average molecular weight is 253 g/mol. The van der Waals surface area contributed by atoms with Crippen molar-refractivity contribution in [3.05, 3.63) is 70.8 Å². The molecule has 0 heterocycles. The number of rotatable bonds is 4. The summed E-state index contributed by atoms with van der Waals surface area (Å²) in [6, 6.07) is 15.3. The highest BCUT2D eigenvalue weighted by atomic mass is 16.1. The number of hydrogen-bond acceptors (Lipinski definition) is 2. The lowest BCUT2D eigenvalue weighted by molar-refractivity contribution is 0.0973. The number of carbonyl (C=O) groups is 1. The van der Waals surface area contributed by atoms with Gasteiger partial charge in [0, 0.05) is 18.0 Å². The number of carbonyl (C=O) groups excluding carboxylic acids is 1. The Morgan fingerprint density at radius 1 is 1.05 bits per heavy atom. The largest absolute Gasteiger partial charge is 0.324 e. The van der Waals surface area contributed by atoms with Gasteiger partial charge in [-0.1, -0.05) is 48.5 Å². The molecule has 98 valence electrons. The van der Waals surface area contributed by atoms with Crippen LogP contribution < -0.4 is 5.73 Å². The second kappa shape index (κ2) is 5.81. The molecule has 0 spiro atoms. The Kier molecular flexibility index (Phi) is 4.13. The van der Waals surface area contributed by atoms with Crippen LogP contribution in [0.15, 0.2) is 48.5 Å². The summed E-state index contributed by atoms with van der Waals surface area (Å²) in [5.41, 5.74) is 10.1. The first-order valence-corrected chi connectivity index (χ1v) is 6.49. The molecule has 0 aliphatic carbocycles. The van der Waals surface area contributed by atoms with E-state index in [1.165, 1.54) is 0 Å². The first-order chi connectivity index (χ1) is 9.09. The first-order valence-electron chi connectivity index (χ1n) is 6.49. The first kappa shape index (κ1) is 13.5. The average Bonchev–Trinajstić information content (AvgIpc) is 2.42. The molecule has 2 N–H and O–H groups in total. The minimum absolute atomic E-state index is 0.109. The van der Waals surface area contributed by atoms with Gasteiger partial charge in [0.25, 0.3) is 0 Å². The maximum absolute atomic E-state index is 12.3. The van der Waals surface area contributed by atoms with E-state index in [-0.39, 0.29) is 11.8 Å². The van der Waals surface area contributed by atoms with E-state index in [9.17, 15) is 4.79 Å². The molecule has 0 saturated heterocycles. The van der Waals surface area contributed by atoms with E-state index in [0.717, 1.165) is 22.3 Å². The van der Waals surface area contributed by atoms with Gasteiger partial charge >= 0.3 is 0 Å². The molecule has 0 radical (unpaired) electrons. The number of hydrogen-bond donors (Lipinski definition) is 1. The maximum atomic E-state index is 12.3. The lowest BCUT2D eigenvalue weighted by Crippen LogP contribution is -2.16. The topological polar surface area (TPSA) is 43.1 Å². The van der Waals surface area contributed by atoms with Crippen molar-refractivity contribution >= 4 is 5.78 Å². The fourth-order valence-electron chi connectivity index (χ4n) is 2.18. The van der Waals surface area contributed by atoms with Crippen LogP contribution in [0.5, 0.6) is 0 Å². The molecule has 2 heteroatoms. The molecule has 1 unspecified atom stereocenters. The van der Waals surface area contributed by atoms with Crippen LogP contribution in [0.2, 0.25) is 0 Å². The summed E-state index contributed by atoms with van der Waals surface area (Å²) in [5, 5.41) is 0. The molecular formula is C17H19NO. The van der Waals surface area contributed by atoms with Gasteiger partial charge < -0.3 is 5.73 Å². The van der Waals surface area contributed by atoms with Gasteiger partial charge in [0.15, 0.2) is 5.78 Å². The van der Waals surface area contributed by atoms with Crippen molar-refractivity contribution in [3.63, 3.8) is 0 Å². The second-order valence-electron chi connectivity index (χ2n) is 4.89. The number of Topliss-reactive ketones (excluding diaryl/α,β-unsaturated/α-hetero) is 1. The monoisotopic (exact) mass is 253 g/mol. The Hall–Kier alpha value is -1.93. The third-order valence-corrected chi connectivity index (χ3v) is 3.54. The molecule has 0 aliphatic rings. The molecule has 2 aromatic rings. The maximum Gasteiger partial charge on any atom is 0.165 e. The minimum Gasteiger partial charge on any atom is -0.324 e. The molecule has 0 aliphatic heterocycles. The van der Waals surface area contributed by atoms with Crippen molar-refractivity contribution in [2.75, 3.05) is 0 Å². The number of aryl methyl sites for hydroxylation is 1. The highest BCUT2D eigenvalue weighted by molar-refractivity contribution is 5.98. The van der Waals surface area contributed by atoms with Crippen LogP contribution >= 0.6 is 0 Å². The van der Waals surface area contributed by atoms with E-state index in [0.29, 0.717) is 6.42 Å². The van der Waals surface area contributed by atoms with Gasteiger partial charge in [-0.2, -0.15) is 0 Å². The van der Waals surface area contributed by atoms with E-state index in [4.69, 9.17) is 5.73 Å². The van der Waals surface area contributed by atoms with Crippen molar-refractivity contribution in [1.29, 1.82) is 0 Å². The van der Waals surface area contributed by atoms with Gasteiger partial charge in [0.2, 0.25) is 0 Å². The van der Waals surface area contributed by atoms with E-state index in [1.54, 1.807) is 0 Å². The number of benzene rings is 2. The molecule has 2 aromatic carbocycles. The van der Waals surface area contributed by atoms with Crippen LogP contribution in [0.1, 0.15) is 39.5 Å². The molecular weight excluding hydrogens is 234 g/mol. The highest BCUT2D eigenvalue weighted by Gasteiger charge is 2.15. The van der Waals surface area contributed by atoms with E-state index >= 15 is 0 Å². The normalized spacial score (nSPS) is 12.2. The molecule has 19 heavy (non-hydrogen) atoms. The van der Waals surface area contributed by atoms with Gasteiger partial charge in [0.1, 0.15) is 0 Å². The molecule has 0 bridgehead atoms. The zero-order chi connectivity index (χ0) is 13.8. The van der Waals surface area contributed by atoms with Gasteiger partial charge in [-0.25, -0.2) is 0 Å². The van der Waals surface area contributed by atoms with Gasteiger partial charge in [0.05, 0.1) is 0 Å². The van der Waals surface area contributed by atoms with Crippen molar-refractivity contribution in [2.24, 2.45) is 5.73 Å². The van der Waals surface area contributed by atoms with E-state index < -0.39 is 0 Å². The smallest absolute Gasteiger partial charge is 0.165 e. The van der Waals surface area contributed by atoms with Crippen LogP contribution in [0.4, 0.5) is 0 Å². The van der Waals surface area contributed by atoms with Crippen LogP contribution in [-0.4, -0.2) is 5.78 Å². The summed E-state index contributed by atoms with van der Waals surface area (Å²) < 4.78 is 0. The summed E-state index contributed by atoms with van der Waals surface area (Å²) in [7, 11) is 0. The van der Waals surface area contributed by atoms with E-state index in [1.807, 2.05) is 62.4 Å². The predicted molar refractivity (Wildman–Crippen MR) is 78.2 cm³/mol. The lowest BCUT2D eigenvalue weighted by atomic mass is 9.94. The Labute approximate surface area is 114 Å². The van der Waals surface area contributed by atoms with Crippen LogP contribution in [0.3, 0.4) is 0 Å². The molecule has 1 atom stereocenters. The quantitative estimate of drug-likeness (QED) is 0.846. The van der Waals surface area contributed by atoms with Gasteiger partial charge in [-0.05, 0) is 30.5 Å². The Balaban J connectivity index is 2.16. The minimum atomic E-state index is -0.242. The molecule has 0 amide bonds. The van der Waals surface area contributed by atoms with Crippen LogP contribution in [-0.2, 0) is 0 Å². The van der Waals surface area contributed by atoms with Crippen LogP contribution in [0, 0.1) is 13.8 Å². The fraction of sp³-hybridized carbons (Fsp3) is 0.235. The molecule has 0 fully saturated rings. The molecule has 2 nitrogen and oxygen atoms in total.